The highest BCUT2D eigenvalue weighted by molar-refractivity contribution is 7.99. The van der Waals surface area contributed by atoms with Gasteiger partial charge in [-0.1, -0.05) is 0 Å². The highest BCUT2D eigenvalue weighted by atomic mass is 32.2. The zero-order valence-electron chi connectivity index (χ0n) is 8.44. The molecular formula is C10H16N2OS. The number of hydrogen-bond donors (Lipinski definition) is 1. The lowest BCUT2D eigenvalue weighted by Gasteiger charge is -2.19. The number of aryl methyl sites for hydroxylation is 1. The first-order valence-corrected chi connectivity index (χ1v) is 6.19. The SMILES string of the molecule is CCn1cc(CC2(O)CCSC2)cn1. The van der Waals surface area contributed by atoms with Crippen LogP contribution in [0.25, 0.3) is 0 Å². The predicted octanol–water partition coefficient (Wildman–Crippen LogP) is 1.31. The van der Waals surface area contributed by atoms with E-state index in [1.807, 2.05) is 28.8 Å². The van der Waals surface area contributed by atoms with Gasteiger partial charge in [0, 0.05) is 24.9 Å². The Kier molecular flexibility index (Phi) is 2.83. The lowest BCUT2D eigenvalue weighted by atomic mass is 9.96. The van der Waals surface area contributed by atoms with E-state index >= 15 is 0 Å². The van der Waals surface area contributed by atoms with Crippen LogP contribution in [0, 0.1) is 0 Å². The van der Waals surface area contributed by atoms with Crippen LogP contribution in [0.1, 0.15) is 18.9 Å². The fourth-order valence-electron chi connectivity index (χ4n) is 1.79. The molecule has 0 spiro atoms. The molecule has 1 N–H and O–H groups in total. The molecule has 0 aromatic carbocycles. The average molecular weight is 212 g/mol. The normalized spacial score (nSPS) is 27.0. The van der Waals surface area contributed by atoms with Gasteiger partial charge in [-0.15, -0.1) is 0 Å². The molecular weight excluding hydrogens is 196 g/mol. The Morgan fingerprint density at radius 3 is 3.14 bits per heavy atom. The summed E-state index contributed by atoms with van der Waals surface area (Å²) in [7, 11) is 0. The summed E-state index contributed by atoms with van der Waals surface area (Å²) >= 11 is 1.84. The fourth-order valence-corrected chi connectivity index (χ4v) is 3.08. The Hall–Kier alpha value is -0.480. The molecule has 1 atom stereocenters. The topological polar surface area (TPSA) is 38.0 Å². The van der Waals surface area contributed by atoms with Gasteiger partial charge >= 0.3 is 0 Å². The molecule has 1 fully saturated rings. The third-order valence-corrected chi connectivity index (χ3v) is 3.86. The second-order valence-electron chi connectivity index (χ2n) is 3.91. The van der Waals surface area contributed by atoms with E-state index < -0.39 is 5.60 Å². The number of hydrogen-bond acceptors (Lipinski definition) is 3. The summed E-state index contributed by atoms with van der Waals surface area (Å²) in [6, 6.07) is 0. The molecule has 1 aliphatic rings. The van der Waals surface area contributed by atoms with Crippen LogP contribution in [-0.2, 0) is 13.0 Å². The van der Waals surface area contributed by atoms with Crippen molar-refractivity contribution in [2.75, 3.05) is 11.5 Å². The van der Waals surface area contributed by atoms with Crippen molar-refractivity contribution >= 4 is 11.8 Å². The van der Waals surface area contributed by atoms with Crippen LogP contribution in [0.5, 0.6) is 0 Å². The maximum absolute atomic E-state index is 10.2. The third-order valence-electron chi connectivity index (χ3n) is 2.63. The minimum absolute atomic E-state index is 0.480. The Morgan fingerprint density at radius 1 is 1.71 bits per heavy atom. The van der Waals surface area contributed by atoms with E-state index in [0.717, 1.165) is 36.5 Å². The monoisotopic (exact) mass is 212 g/mol. The van der Waals surface area contributed by atoms with Crippen molar-refractivity contribution in [1.29, 1.82) is 0 Å². The zero-order valence-corrected chi connectivity index (χ0v) is 9.26. The first kappa shape index (κ1) is 10.1. The first-order valence-electron chi connectivity index (χ1n) is 5.03. The van der Waals surface area contributed by atoms with Crippen LogP contribution in [0.15, 0.2) is 12.4 Å². The molecule has 0 aliphatic carbocycles. The molecule has 14 heavy (non-hydrogen) atoms. The van der Waals surface area contributed by atoms with E-state index in [9.17, 15) is 5.11 Å². The van der Waals surface area contributed by atoms with Crippen LogP contribution >= 0.6 is 11.8 Å². The molecule has 0 radical (unpaired) electrons. The van der Waals surface area contributed by atoms with Gasteiger partial charge in [0.1, 0.15) is 0 Å². The Bertz CT molecular complexity index is 305. The van der Waals surface area contributed by atoms with E-state index in [2.05, 4.69) is 12.0 Å². The van der Waals surface area contributed by atoms with Crippen molar-refractivity contribution in [3.05, 3.63) is 18.0 Å². The Labute approximate surface area is 88.5 Å². The molecule has 1 aromatic heterocycles. The molecule has 3 nitrogen and oxygen atoms in total. The molecule has 2 heterocycles. The molecule has 0 bridgehead atoms. The van der Waals surface area contributed by atoms with Gasteiger partial charge in [-0.3, -0.25) is 4.68 Å². The molecule has 0 saturated carbocycles. The summed E-state index contributed by atoms with van der Waals surface area (Å²) in [6.07, 6.45) is 5.56. The molecule has 2 rings (SSSR count). The Morgan fingerprint density at radius 2 is 2.57 bits per heavy atom. The molecule has 0 amide bonds. The highest BCUT2D eigenvalue weighted by Crippen LogP contribution is 2.30. The minimum atomic E-state index is -0.480. The maximum atomic E-state index is 10.2. The maximum Gasteiger partial charge on any atom is 0.0786 e. The first-order chi connectivity index (χ1) is 6.72. The lowest BCUT2D eigenvalue weighted by molar-refractivity contribution is 0.0686. The van der Waals surface area contributed by atoms with Crippen molar-refractivity contribution in [1.82, 2.24) is 9.78 Å². The molecule has 1 aromatic rings. The third kappa shape index (κ3) is 2.12. The summed E-state index contributed by atoms with van der Waals surface area (Å²) in [5, 5.41) is 14.4. The molecule has 4 heteroatoms. The van der Waals surface area contributed by atoms with E-state index in [4.69, 9.17) is 0 Å². The van der Waals surface area contributed by atoms with Crippen molar-refractivity contribution in [2.45, 2.75) is 31.9 Å². The molecule has 1 unspecified atom stereocenters. The van der Waals surface area contributed by atoms with Gasteiger partial charge in [0.05, 0.1) is 11.8 Å². The number of aromatic nitrogens is 2. The van der Waals surface area contributed by atoms with E-state index in [0.29, 0.717) is 0 Å². The molecule has 1 saturated heterocycles. The standard InChI is InChI=1S/C10H16N2OS/c1-2-12-7-9(6-11-12)5-10(13)3-4-14-8-10/h6-7,13H,2-5,8H2,1H3. The Balaban J connectivity index is 2.02. The second kappa shape index (κ2) is 3.95. The van der Waals surface area contributed by atoms with Crippen molar-refractivity contribution < 1.29 is 5.11 Å². The second-order valence-corrected chi connectivity index (χ2v) is 5.01. The van der Waals surface area contributed by atoms with Gasteiger partial charge < -0.3 is 5.11 Å². The highest BCUT2D eigenvalue weighted by Gasteiger charge is 2.32. The van der Waals surface area contributed by atoms with Gasteiger partial charge in [-0.2, -0.15) is 16.9 Å². The van der Waals surface area contributed by atoms with E-state index in [-0.39, 0.29) is 0 Å². The van der Waals surface area contributed by atoms with Gasteiger partial charge in [0.2, 0.25) is 0 Å². The lowest BCUT2D eigenvalue weighted by Crippen LogP contribution is -2.30. The van der Waals surface area contributed by atoms with Crippen molar-refractivity contribution in [2.24, 2.45) is 0 Å². The van der Waals surface area contributed by atoms with Crippen LogP contribution in [-0.4, -0.2) is 32.0 Å². The number of nitrogens with zero attached hydrogens (tertiary/aromatic N) is 2. The number of aliphatic hydroxyl groups is 1. The van der Waals surface area contributed by atoms with Gasteiger partial charge in [0.25, 0.3) is 0 Å². The van der Waals surface area contributed by atoms with Gasteiger partial charge in [0.15, 0.2) is 0 Å². The molecule has 1 aliphatic heterocycles. The van der Waals surface area contributed by atoms with Crippen LogP contribution < -0.4 is 0 Å². The zero-order chi connectivity index (χ0) is 10.0. The quantitative estimate of drug-likeness (QED) is 0.821. The number of rotatable bonds is 3. The fraction of sp³-hybridized carbons (Fsp3) is 0.700. The summed E-state index contributed by atoms with van der Waals surface area (Å²) in [4.78, 5) is 0. The van der Waals surface area contributed by atoms with E-state index in [1.165, 1.54) is 0 Å². The van der Waals surface area contributed by atoms with Gasteiger partial charge in [-0.25, -0.2) is 0 Å². The summed E-state index contributed by atoms with van der Waals surface area (Å²) in [5.74, 6) is 1.95. The van der Waals surface area contributed by atoms with Crippen LogP contribution in [0.2, 0.25) is 0 Å². The smallest absolute Gasteiger partial charge is 0.0786 e. The summed E-state index contributed by atoms with van der Waals surface area (Å²) in [6.45, 7) is 2.96. The van der Waals surface area contributed by atoms with Gasteiger partial charge in [-0.05, 0) is 24.7 Å². The summed E-state index contributed by atoms with van der Waals surface area (Å²) < 4.78 is 1.90. The van der Waals surface area contributed by atoms with Crippen molar-refractivity contribution in [3.63, 3.8) is 0 Å². The van der Waals surface area contributed by atoms with Crippen LogP contribution in [0.4, 0.5) is 0 Å². The number of thioether (sulfide) groups is 1. The largest absolute Gasteiger partial charge is 0.389 e. The average Bonchev–Trinajstić information content (AvgIpc) is 2.75. The molecule has 78 valence electrons. The van der Waals surface area contributed by atoms with Crippen molar-refractivity contribution in [3.8, 4) is 0 Å². The summed E-state index contributed by atoms with van der Waals surface area (Å²) in [5.41, 5.74) is 0.670. The van der Waals surface area contributed by atoms with Crippen LogP contribution in [0.3, 0.4) is 0 Å². The van der Waals surface area contributed by atoms with E-state index in [1.54, 1.807) is 0 Å². The predicted molar refractivity (Wildman–Crippen MR) is 58.5 cm³/mol. The minimum Gasteiger partial charge on any atom is -0.389 e.